The molecule has 0 radical (unpaired) electrons. The number of alkyl carbamates (subject to hydrolysis) is 1. The van der Waals surface area contributed by atoms with Gasteiger partial charge in [0, 0.05) is 36.0 Å². The van der Waals surface area contributed by atoms with Crippen molar-refractivity contribution < 1.29 is 27.8 Å². The maximum absolute atomic E-state index is 12.9. The van der Waals surface area contributed by atoms with Crippen LogP contribution >= 0.6 is 0 Å². The van der Waals surface area contributed by atoms with Gasteiger partial charge in [-0.15, -0.1) is 0 Å². The number of ether oxygens (including phenoxy) is 1. The molecule has 0 aliphatic carbocycles. The number of rotatable bonds is 7. The van der Waals surface area contributed by atoms with Gasteiger partial charge < -0.3 is 20.5 Å². The molecule has 0 aliphatic rings. The van der Waals surface area contributed by atoms with Crippen LogP contribution in [-0.4, -0.2) is 34.9 Å². The Hall–Kier alpha value is -2.81. The van der Waals surface area contributed by atoms with Crippen molar-refractivity contribution in [1.29, 1.82) is 0 Å². The van der Waals surface area contributed by atoms with Crippen molar-refractivity contribution >= 4 is 6.09 Å². The molecule has 6 nitrogen and oxygen atoms in total. The first-order chi connectivity index (χ1) is 15.6. The van der Waals surface area contributed by atoms with Crippen LogP contribution in [0.1, 0.15) is 64.8 Å². The summed E-state index contributed by atoms with van der Waals surface area (Å²) in [5.74, 6) is -0.00561. The highest BCUT2D eigenvalue weighted by Crippen LogP contribution is 2.38. The quantitative estimate of drug-likeness (QED) is 0.437. The molecule has 2 rings (SSSR count). The summed E-state index contributed by atoms with van der Waals surface area (Å²) in [7, 11) is 0. The van der Waals surface area contributed by atoms with Gasteiger partial charge in [-0.2, -0.15) is 13.2 Å². The van der Waals surface area contributed by atoms with Gasteiger partial charge in [0.1, 0.15) is 17.0 Å². The third kappa shape index (κ3) is 8.20. The van der Waals surface area contributed by atoms with E-state index in [0.717, 1.165) is 17.8 Å². The van der Waals surface area contributed by atoms with Crippen molar-refractivity contribution in [2.45, 2.75) is 71.7 Å². The summed E-state index contributed by atoms with van der Waals surface area (Å²) in [5, 5.41) is 16.8. The second kappa shape index (κ2) is 10.6. The molecule has 2 aromatic rings. The molecule has 0 saturated heterocycles. The first-order valence-corrected chi connectivity index (χ1v) is 11.2. The number of phenols is 1. The molecular formula is C25H34F3N3O3. The van der Waals surface area contributed by atoms with Crippen molar-refractivity contribution in [2.75, 3.05) is 13.1 Å². The molecule has 0 bridgehead atoms. The second-order valence-electron chi connectivity index (χ2n) is 10.2. The number of alkyl halides is 3. The van der Waals surface area contributed by atoms with E-state index >= 15 is 0 Å². The molecular weight excluding hydrogens is 447 g/mol. The molecule has 9 heteroatoms. The minimum atomic E-state index is -4.53. The van der Waals surface area contributed by atoms with Gasteiger partial charge in [0.2, 0.25) is 0 Å². The van der Waals surface area contributed by atoms with Crippen molar-refractivity contribution in [1.82, 2.24) is 15.6 Å². The smallest absolute Gasteiger partial charge is 0.433 e. The maximum Gasteiger partial charge on any atom is 0.433 e. The number of aromatic nitrogens is 1. The Morgan fingerprint density at radius 1 is 1.06 bits per heavy atom. The van der Waals surface area contributed by atoms with Gasteiger partial charge in [-0.3, -0.25) is 4.98 Å². The molecule has 0 aliphatic heterocycles. The Morgan fingerprint density at radius 2 is 1.74 bits per heavy atom. The largest absolute Gasteiger partial charge is 0.507 e. The Morgan fingerprint density at radius 3 is 2.26 bits per heavy atom. The molecule has 3 N–H and O–H groups in total. The Labute approximate surface area is 198 Å². The Bertz CT molecular complexity index is 976. The number of hydrogen-bond acceptors (Lipinski definition) is 5. The van der Waals surface area contributed by atoms with Crippen molar-refractivity contribution in [2.24, 2.45) is 0 Å². The monoisotopic (exact) mass is 481 g/mol. The normalized spacial score (nSPS) is 12.5. The zero-order valence-corrected chi connectivity index (χ0v) is 20.6. The lowest BCUT2D eigenvalue weighted by molar-refractivity contribution is -0.141. The van der Waals surface area contributed by atoms with E-state index in [1.165, 1.54) is 6.07 Å². The van der Waals surface area contributed by atoms with Crippen LogP contribution in [0.5, 0.6) is 5.75 Å². The number of phenolic OH excluding ortho intramolecular Hbond substituents is 1. The molecule has 0 atom stereocenters. The molecule has 0 saturated carbocycles. The minimum Gasteiger partial charge on any atom is -0.507 e. The number of benzene rings is 1. The summed E-state index contributed by atoms with van der Waals surface area (Å²) in [6.07, 6.45) is -3.22. The number of aromatic hydroxyl groups is 1. The van der Waals surface area contributed by atoms with Crippen LogP contribution in [-0.2, 0) is 22.9 Å². The number of carbonyl (C=O) groups excluding carboxylic acids is 1. The van der Waals surface area contributed by atoms with E-state index in [1.54, 1.807) is 26.8 Å². The van der Waals surface area contributed by atoms with E-state index in [-0.39, 0.29) is 11.2 Å². The first kappa shape index (κ1) is 27.4. The summed E-state index contributed by atoms with van der Waals surface area (Å²) in [6, 6.07) is 5.90. The average Bonchev–Trinajstić information content (AvgIpc) is 2.69. The Kier molecular flexibility index (Phi) is 8.58. The first-order valence-electron chi connectivity index (χ1n) is 11.2. The molecule has 34 heavy (non-hydrogen) atoms. The van der Waals surface area contributed by atoms with Gasteiger partial charge in [-0.05, 0) is 56.8 Å². The van der Waals surface area contributed by atoms with Crippen LogP contribution in [0.3, 0.4) is 0 Å². The third-order valence-electron chi connectivity index (χ3n) is 4.93. The number of nitrogens with zero attached hydrogens (tertiary/aromatic N) is 1. The summed E-state index contributed by atoms with van der Waals surface area (Å²) in [5.41, 5.74) is 0.610. The van der Waals surface area contributed by atoms with Crippen LogP contribution in [0.25, 0.3) is 11.1 Å². The van der Waals surface area contributed by atoms with E-state index in [1.807, 2.05) is 26.8 Å². The summed E-state index contributed by atoms with van der Waals surface area (Å²) < 4.78 is 43.8. The summed E-state index contributed by atoms with van der Waals surface area (Å²) >= 11 is 0. The van der Waals surface area contributed by atoms with Crippen LogP contribution in [0, 0.1) is 0 Å². The summed E-state index contributed by atoms with van der Waals surface area (Å²) in [4.78, 5) is 15.2. The lowest BCUT2D eigenvalue weighted by Crippen LogP contribution is -2.33. The topological polar surface area (TPSA) is 83.5 Å². The van der Waals surface area contributed by atoms with E-state index < -0.39 is 23.6 Å². The van der Waals surface area contributed by atoms with Crippen molar-refractivity contribution in [3.63, 3.8) is 0 Å². The standard InChI is InChI=1S/C25H34F3N3O3/c1-23(2,3)18-12-17(14-29-10-7-11-30-22(33)34-24(4,5)6)21(32)19(13-18)16-8-9-20(31-15-16)25(26,27)28/h8-9,12-13,15,29,32H,7,10-11,14H2,1-6H3,(H,30,33). The number of halogens is 3. The number of hydrogen-bond donors (Lipinski definition) is 3. The van der Waals surface area contributed by atoms with Crippen LogP contribution in [0.4, 0.5) is 18.0 Å². The lowest BCUT2D eigenvalue weighted by atomic mass is 9.84. The Balaban J connectivity index is 2.10. The number of nitrogens with one attached hydrogen (secondary N) is 2. The fraction of sp³-hybridized carbons (Fsp3) is 0.520. The molecule has 188 valence electrons. The van der Waals surface area contributed by atoms with E-state index in [0.29, 0.717) is 42.7 Å². The molecule has 1 heterocycles. The molecule has 1 aromatic carbocycles. The number of carbonyl (C=O) groups is 1. The summed E-state index contributed by atoms with van der Waals surface area (Å²) in [6.45, 7) is 12.8. The van der Waals surface area contributed by atoms with Gasteiger partial charge in [0.05, 0.1) is 0 Å². The zero-order chi connectivity index (χ0) is 25.7. The van der Waals surface area contributed by atoms with E-state index in [9.17, 15) is 23.1 Å². The molecule has 1 aromatic heterocycles. The van der Waals surface area contributed by atoms with Crippen LogP contribution in [0.2, 0.25) is 0 Å². The van der Waals surface area contributed by atoms with Crippen LogP contribution in [0.15, 0.2) is 30.5 Å². The molecule has 0 spiro atoms. The number of pyridine rings is 1. The predicted octanol–water partition coefficient (Wildman–Crippen LogP) is 5.77. The van der Waals surface area contributed by atoms with E-state index in [4.69, 9.17) is 4.74 Å². The maximum atomic E-state index is 12.9. The highest BCUT2D eigenvalue weighted by atomic mass is 19.4. The van der Waals surface area contributed by atoms with E-state index in [2.05, 4.69) is 15.6 Å². The van der Waals surface area contributed by atoms with Gasteiger partial charge in [-0.25, -0.2) is 4.79 Å². The number of amides is 1. The fourth-order valence-electron chi connectivity index (χ4n) is 3.14. The average molecular weight is 482 g/mol. The van der Waals surface area contributed by atoms with Gasteiger partial charge >= 0.3 is 12.3 Å². The minimum absolute atomic E-state index is 0.00561. The highest BCUT2D eigenvalue weighted by Gasteiger charge is 2.32. The third-order valence-corrected chi connectivity index (χ3v) is 4.93. The SMILES string of the molecule is CC(C)(C)OC(=O)NCCCNCc1cc(C(C)(C)C)cc(-c2ccc(C(F)(F)F)nc2)c1O. The molecule has 0 unspecified atom stereocenters. The van der Waals surface area contributed by atoms with Gasteiger partial charge in [0.25, 0.3) is 0 Å². The lowest BCUT2D eigenvalue weighted by Gasteiger charge is -2.23. The van der Waals surface area contributed by atoms with Crippen molar-refractivity contribution in [3.05, 3.63) is 47.3 Å². The zero-order valence-electron chi connectivity index (χ0n) is 20.6. The highest BCUT2D eigenvalue weighted by molar-refractivity contribution is 5.72. The fourth-order valence-corrected chi connectivity index (χ4v) is 3.14. The second-order valence-corrected chi connectivity index (χ2v) is 10.2. The van der Waals surface area contributed by atoms with Gasteiger partial charge in [-0.1, -0.05) is 32.9 Å². The van der Waals surface area contributed by atoms with Gasteiger partial charge in [0.15, 0.2) is 0 Å². The van der Waals surface area contributed by atoms with Crippen molar-refractivity contribution in [3.8, 4) is 16.9 Å². The van der Waals surface area contributed by atoms with Crippen LogP contribution < -0.4 is 10.6 Å². The molecule has 1 amide bonds. The predicted molar refractivity (Wildman–Crippen MR) is 126 cm³/mol. The molecule has 0 fully saturated rings.